The molecule has 1 aliphatic carbocycles. The predicted octanol–water partition coefficient (Wildman–Crippen LogP) is 3.11. The molecule has 1 saturated carbocycles. The number of nitrogens with zero attached hydrogens (tertiary/aromatic N) is 4. The van der Waals surface area contributed by atoms with Crippen LogP contribution in [0, 0.1) is 5.41 Å². The monoisotopic (exact) mass is 417 g/mol. The van der Waals surface area contributed by atoms with Crippen LogP contribution in [0.15, 0.2) is 48.9 Å². The van der Waals surface area contributed by atoms with E-state index in [4.69, 9.17) is 0 Å². The van der Waals surface area contributed by atoms with E-state index in [1.54, 1.807) is 16.9 Å². The quantitative estimate of drug-likeness (QED) is 0.707. The Hall–Kier alpha value is -3.22. The number of nitrogens with one attached hydrogen (secondary N) is 1. The number of carbonyl (C=O) groups excluding carboxylic acids is 2. The Labute approximate surface area is 181 Å². The maximum atomic E-state index is 12.9. The van der Waals surface area contributed by atoms with E-state index in [0.717, 1.165) is 56.3 Å². The second kappa shape index (κ2) is 7.80. The summed E-state index contributed by atoms with van der Waals surface area (Å²) in [5, 5.41) is 7.58. The Balaban J connectivity index is 1.14. The molecule has 3 aromatic rings. The molecule has 1 spiro atoms. The van der Waals surface area contributed by atoms with E-state index < -0.39 is 0 Å². The third kappa shape index (κ3) is 3.80. The number of piperidine rings is 1. The molecule has 1 N–H and O–H groups in total. The van der Waals surface area contributed by atoms with Crippen molar-refractivity contribution in [3.05, 3.63) is 65.7 Å². The maximum absolute atomic E-state index is 12.9. The van der Waals surface area contributed by atoms with Gasteiger partial charge in [-0.15, -0.1) is 0 Å². The van der Waals surface area contributed by atoms with E-state index >= 15 is 0 Å². The molecule has 0 aromatic carbocycles. The van der Waals surface area contributed by atoms with Gasteiger partial charge in [0, 0.05) is 37.7 Å². The summed E-state index contributed by atoms with van der Waals surface area (Å²) in [5.74, 6) is -0.0341. The van der Waals surface area contributed by atoms with Crippen molar-refractivity contribution < 1.29 is 9.59 Å². The van der Waals surface area contributed by atoms with Gasteiger partial charge in [-0.3, -0.25) is 14.6 Å². The number of hydrogen-bond acceptors (Lipinski definition) is 4. The highest BCUT2D eigenvalue weighted by Crippen LogP contribution is 2.49. The van der Waals surface area contributed by atoms with Gasteiger partial charge in [-0.05, 0) is 67.3 Å². The van der Waals surface area contributed by atoms with Crippen LogP contribution in [-0.2, 0) is 6.42 Å². The van der Waals surface area contributed by atoms with Crippen LogP contribution >= 0.6 is 0 Å². The summed E-state index contributed by atoms with van der Waals surface area (Å²) < 4.78 is 1.74. The lowest BCUT2D eigenvalue weighted by molar-refractivity contribution is 0.00841. The number of fused-ring (bicyclic) bond motifs is 1. The summed E-state index contributed by atoms with van der Waals surface area (Å²) in [4.78, 5) is 31.5. The fourth-order valence-corrected chi connectivity index (χ4v) is 4.96. The van der Waals surface area contributed by atoms with Gasteiger partial charge in [-0.25, -0.2) is 4.52 Å². The van der Waals surface area contributed by atoms with E-state index in [-0.39, 0.29) is 23.3 Å². The standard InChI is InChI=1S/C24H27N5O2/c1-2-17-11-18(16-25-15-17)22(30)26-19-13-24(14-19)6-9-28(10-7-24)23(31)21-12-20-5-3-4-8-29(20)27-21/h3-5,8,11-12,15-16,19H,2,6-7,9-10,13-14H2,1H3,(H,26,30). The molecule has 7 heteroatoms. The predicted molar refractivity (Wildman–Crippen MR) is 117 cm³/mol. The SMILES string of the molecule is CCc1cncc(C(=O)NC2CC3(CCN(C(=O)c4cc5ccccn5n4)CC3)C2)c1. The van der Waals surface area contributed by atoms with Gasteiger partial charge in [0.2, 0.25) is 0 Å². The number of aromatic nitrogens is 3. The van der Waals surface area contributed by atoms with Gasteiger partial charge >= 0.3 is 0 Å². The first kappa shape index (κ1) is 19.7. The van der Waals surface area contributed by atoms with Crippen molar-refractivity contribution in [3.63, 3.8) is 0 Å². The highest BCUT2D eigenvalue weighted by atomic mass is 16.2. The van der Waals surface area contributed by atoms with E-state index in [9.17, 15) is 9.59 Å². The Morgan fingerprint density at radius 2 is 1.97 bits per heavy atom. The number of likely N-dealkylation sites (tertiary alicyclic amines) is 1. The summed E-state index contributed by atoms with van der Waals surface area (Å²) in [6.45, 7) is 3.55. The molecule has 7 nitrogen and oxygen atoms in total. The molecule has 160 valence electrons. The zero-order valence-corrected chi connectivity index (χ0v) is 17.8. The van der Waals surface area contributed by atoms with Crippen molar-refractivity contribution in [3.8, 4) is 0 Å². The molecule has 0 bridgehead atoms. The summed E-state index contributed by atoms with van der Waals surface area (Å²) in [6.07, 6.45) is 10.1. The van der Waals surface area contributed by atoms with Crippen LogP contribution < -0.4 is 5.32 Å². The lowest BCUT2D eigenvalue weighted by atomic mass is 9.60. The van der Waals surface area contributed by atoms with Gasteiger partial charge in [-0.2, -0.15) is 5.10 Å². The van der Waals surface area contributed by atoms with Crippen LogP contribution in [0.3, 0.4) is 0 Å². The van der Waals surface area contributed by atoms with E-state index in [2.05, 4.69) is 22.3 Å². The summed E-state index contributed by atoms with van der Waals surface area (Å²) in [6, 6.07) is 9.77. The first-order valence-corrected chi connectivity index (χ1v) is 11.0. The Kier molecular flexibility index (Phi) is 4.96. The van der Waals surface area contributed by atoms with E-state index in [1.807, 2.05) is 41.4 Å². The Morgan fingerprint density at radius 1 is 1.16 bits per heavy atom. The fraction of sp³-hybridized carbons (Fsp3) is 0.417. The largest absolute Gasteiger partial charge is 0.349 e. The molecular formula is C24H27N5O2. The van der Waals surface area contributed by atoms with Gasteiger partial charge in [-0.1, -0.05) is 13.0 Å². The molecule has 5 rings (SSSR count). The average molecular weight is 418 g/mol. The number of hydrogen-bond donors (Lipinski definition) is 1. The van der Waals surface area contributed by atoms with Gasteiger partial charge in [0.25, 0.3) is 11.8 Å². The average Bonchev–Trinajstić information content (AvgIpc) is 3.22. The zero-order valence-electron chi connectivity index (χ0n) is 17.8. The minimum Gasteiger partial charge on any atom is -0.349 e. The summed E-state index contributed by atoms with van der Waals surface area (Å²) >= 11 is 0. The highest BCUT2D eigenvalue weighted by molar-refractivity contribution is 5.94. The molecule has 2 aliphatic rings. The summed E-state index contributed by atoms with van der Waals surface area (Å²) in [7, 11) is 0. The van der Waals surface area contributed by atoms with Gasteiger partial charge in [0.05, 0.1) is 11.1 Å². The molecule has 0 atom stereocenters. The van der Waals surface area contributed by atoms with Crippen LogP contribution in [0.25, 0.3) is 5.52 Å². The number of carbonyl (C=O) groups is 2. The van der Waals surface area contributed by atoms with Gasteiger partial charge < -0.3 is 10.2 Å². The van der Waals surface area contributed by atoms with Crippen LogP contribution in [0.4, 0.5) is 0 Å². The smallest absolute Gasteiger partial charge is 0.274 e. The number of aryl methyl sites for hydroxylation is 1. The van der Waals surface area contributed by atoms with Crippen molar-refractivity contribution in [2.75, 3.05) is 13.1 Å². The minimum absolute atomic E-state index is 0.00559. The molecule has 1 aliphatic heterocycles. The third-order valence-corrected chi connectivity index (χ3v) is 6.86. The normalized spacial score (nSPS) is 18.2. The van der Waals surface area contributed by atoms with Crippen molar-refractivity contribution in [1.82, 2.24) is 24.8 Å². The van der Waals surface area contributed by atoms with E-state index in [0.29, 0.717) is 11.3 Å². The third-order valence-electron chi connectivity index (χ3n) is 6.86. The number of pyridine rings is 2. The van der Waals surface area contributed by atoms with Crippen LogP contribution in [-0.4, -0.2) is 50.4 Å². The van der Waals surface area contributed by atoms with Crippen LogP contribution in [0.5, 0.6) is 0 Å². The lowest BCUT2D eigenvalue weighted by Gasteiger charge is -2.52. The first-order valence-electron chi connectivity index (χ1n) is 11.0. The molecular weight excluding hydrogens is 390 g/mol. The molecule has 1 saturated heterocycles. The maximum Gasteiger partial charge on any atom is 0.274 e. The fourth-order valence-electron chi connectivity index (χ4n) is 4.96. The minimum atomic E-state index is -0.0397. The molecule has 4 heterocycles. The Morgan fingerprint density at radius 3 is 2.71 bits per heavy atom. The van der Waals surface area contributed by atoms with Crippen molar-refractivity contribution >= 4 is 17.3 Å². The Bertz CT molecular complexity index is 1090. The van der Waals surface area contributed by atoms with E-state index in [1.165, 1.54) is 0 Å². The van der Waals surface area contributed by atoms with Crippen molar-refractivity contribution in [2.24, 2.45) is 5.41 Å². The molecule has 0 unspecified atom stereocenters. The number of rotatable bonds is 4. The molecule has 3 aromatic heterocycles. The first-order chi connectivity index (χ1) is 15.0. The van der Waals surface area contributed by atoms with Crippen LogP contribution in [0.2, 0.25) is 0 Å². The topological polar surface area (TPSA) is 79.6 Å². The zero-order chi connectivity index (χ0) is 21.4. The molecule has 2 amide bonds. The summed E-state index contributed by atoms with van der Waals surface area (Å²) in [5.41, 5.74) is 3.38. The molecule has 31 heavy (non-hydrogen) atoms. The number of amides is 2. The van der Waals surface area contributed by atoms with Crippen LogP contribution in [0.1, 0.15) is 59.0 Å². The van der Waals surface area contributed by atoms with Crippen molar-refractivity contribution in [1.29, 1.82) is 0 Å². The second-order valence-corrected chi connectivity index (χ2v) is 8.91. The molecule has 2 fully saturated rings. The van der Waals surface area contributed by atoms with Crippen molar-refractivity contribution in [2.45, 2.75) is 45.1 Å². The van der Waals surface area contributed by atoms with Gasteiger partial charge in [0.1, 0.15) is 0 Å². The second-order valence-electron chi connectivity index (χ2n) is 8.91. The highest BCUT2D eigenvalue weighted by Gasteiger charge is 2.47. The molecule has 0 radical (unpaired) electrons. The van der Waals surface area contributed by atoms with Gasteiger partial charge in [0.15, 0.2) is 5.69 Å². The lowest BCUT2D eigenvalue weighted by Crippen LogP contribution is -2.55.